The molecule has 0 aliphatic heterocycles. The second-order valence-electron chi connectivity index (χ2n) is 5.52. The van der Waals surface area contributed by atoms with Gasteiger partial charge in [0.15, 0.2) is 12.4 Å². The monoisotopic (exact) mass is 406 g/mol. The Bertz CT molecular complexity index is 942. The minimum Gasteiger partial charge on any atom is -0.496 e. The Hall–Kier alpha value is -3.46. The van der Waals surface area contributed by atoms with Crippen LogP contribution in [-0.2, 0) is 9.53 Å². The standard InChI is InChI=1S/C18H15ClN2O7/c1-10(22)20-15-8-17(27-2)13(7-14(15)19)18(24)28-9-16(23)11-3-5-12(6-4-11)21(25)26/h3-8H,9H2,1-2H3,(H,20,22). The number of ketones is 1. The van der Waals surface area contributed by atoms with Crippen molar-refractivity contribution >= 4 is 40.6 Å². The van der Waals surface area contributed by atoms with Gasteiger partial charge in [-0.05, 0) is 18.2 Å². The first-order valence-corrected chi connectivity index (χ1v) is 8.20. The van der Waals surface area contributed by atoms with Gasteiger partial charge in [-0.15, -0.1) is 0 Å². The number of hydrogen-bond acceptors (Lipinski definition) is 7. The number of rotatable bonds is 7. The number of nitrogens with zero attached hydrogens (tertiary/aromatic N) is 1. The molecule has 0 heterocycles. The highest BCUT2D eigenvalue weighted by Crippen LogP contribution is 2.31. The fourth-order valence-electron chi connectivity index (χ4n) is 2.23. The van der Waals surface area contributed by atoms with Crippen molar-refractivity contribution in [3.05, 3.63) is 62.7 Å². The minimum absolute atomic E-state index is 0.0295. The van der Waals surface area contributed by atoms with Crippen LogP contribution < -0.4 is 10.1 Å². The number of benzene rings is 2. The Morgan fingerprint density at radius 3 is 2.36 bits per heavy atom. The van der Waals surface area contributed by atoms with Crippen molar-refractivity contribution in [1.82, 2.24) is 0 Å². The molecule has 0 fully saturated rings. The van der Waals surface area contributed by atoms with Gasteiger partial charge in [-0.1, -0.05) is 11.6 Å². The van der Waals surface area contributed by atoms with E-state index in [-0.39, 0.29) is 39.2 Å². The lowest BCUT2D eigenvalue weighted by Gasteiger charge is -2.12. The maximum absolute atomic E-state index is 12.3. The number of nitro benzene ring substituents is 1. The van der Waals surface area contributed by atoms with Gasteiger partial charge < -0.3 is 14.8 Å². The summed E-state index contributed by atoms with van der Waals surface area (Å²) in [5.41, 5.74) is 0.221. The number of nitro groups is 1. The Morgan fingerprint density at radius 2 is 1.82 bits per heavy atom. The molecule has 28 heavy (non-hydrogen) atoms. The largest absolute Gasteiger partial charge is 0.496 e. The first-order valence-electron chi connectivity index (χ1n) is 7.82. The first-order chi connectivity index (χ1) is 13.2. The number of amides is 1. The van der Waals surface area contributed by atoms with Gasteiger partial charge >= 0.3 is 5.97 Å². The molecule has 0 saturated heterocycles. The number of carbonyl (C=O) groups is 3. The molecule has 0 bridgehead atoms. The smallest absolute Gasteiger partial charge is 0.342 e. The molecule has 1 N–H and O–H groups in total. The second-order valence-corrected chi connectivity index (χ2v) is 5.92. The van der Waals surface area contributed by atoms with Crippen LogP contribution in [0, 0.1) is 10.1 Å². The summed E-state index contributed by atoms with van der Waals surface area (Å²) in [5.74, 6) is -1.65. The van der Waals surface area contributed by atoms with Crippen molar-refractivity contribution in [3.63, 3.8) is 0 Å². The van der Waals surface area contributed by atoms with E-state index in [1.165, 1.54) is 50.4 Å². The van der Waals surface area contributed by atoms with Gasteiger partial charge in [0.05, 0.1) is 22.7 Å². The van der Waals surface area contributed by atoms with E-state index in [0.717, 1.165) is 0 Å². The van der Waals surface area contributed by atoms with Gasteiger partial charge in [-0.3, -0.25) is 19.7 Å². The predicted molar refractivity (Wildman–Crippen MR) is 100 cm³/mol. The Labute approximate surface area is 164 Å². The normalized spacial score (nSPS) is 10.1. The number of Topliss-reactive ketones (excluding diaryl/α,β-unsaturated/α-hetero) is 1. The number of nitrogens with one attached hydrogen (secondary N) is 1. The summed E-state index contributed by atoms with van der Waals surface area (Å²) in [6, 6.07) is 7.52. The van der Waals surface area contributed by atoms with Gasteiger partial charge in [0.25, 0.3) is 5.69 Å². The molecule has 1 amide bonds. The molecule has 146 valence electrons. The summed E-state index contributed by atoms with van der Waals surface area (Å²) >= 11 is 6.05. The number of carbonyl (C=O) groups excluding carboxylic acids is 3. The van der Waals surface area contributed by atoms with Crippen molar-refractivity contribution < 1.29 is 28.8 Å². The van der Waals surface area contributed by atoms with E-state index in [2.05, 4.69) is 5.32 Å². The Morgan fingerprint density at radius 1 is 1.18 bits per heavy atom. The number of anilines is 1. The topological polar surface area (TPSA) is 125 Å². The van der Waals surface area contributed by atoms with Crippen molar-refractivity contribution in [2.24, 2.45) is 0 Å². The van der Waals surface area contributed by atoms with Crippen LogP contribution in [0.5, 0.6) is 5.75 Å². The lowest BCUT2D eigenvalue weighted by atomic mass is 10.1. The average Bonchev–Trinajstić information content (AvgIpc) is 2.66. The van der Waals surface area contributed by atoms with Crippen LogP contribution >= 0.6 is 11.6 Å². The summed E-state index contributed by atoms with van der Waals surface area (Å²) in [4.78, 5) is 45.6. The highest BCUT2D eigenvalue weighted by atomic mass is 35.5. The lowest BCUT2D eigenvalue weighted by molar-refractivity contribution is -0.384. The molecule has 0 unspecified atom stereocenters. The van der Waals surface area contributed by atoms with Crippen molar-refractivity contribution in [1.29, 1.82) is 0 Å². The number of halogens is 1. The van der Waals surface area contributed by atoms with E-state index < -0.39 is 23.3 Å². The molecule has 10 heteroatoms. The highest BCUT2D eigenvalue weighted by Gasteiger charge is 2.19. The number of non-ortho nitro benzene ring substituents is 1. The molecule has 0 radical (unpaired) electrons. The number of methoxy groups -OCH3 is 1. The van der Waals surface area contributed by atoms with Gasteiger partial charge in [0, 0.05) is 30.7 Å². The predicted octanol–water partition coefficient (Wildman–Crippen LogP) is 3.25. The average molecular weight is 407 g/mol. The highest BCUT2D eigenvalue weighted by molar-refractivity contribution is 6.34. The summed E-state index contributed by atoms with van der Waals surface area (Å²) < 4.78 is 10.1. The molecule has 2 rings (SSSR count). The summed E-state index contributed by atoms with van der Waals surface area (Å²) in [7, 11) is 1.32. The van der Waals surface area contributed by atoms with Crippen molar-refractivity contribution in [2.45, 2.75) is 6.92 Å². The molecule has 0 atom stereocenters. The molecule has 0 aliphatic carbocycles. The van der Waals surface area contributed by atoms with Crippen molar-refractivity contribution in [3.8, 4) is 5.75 Å². The zero-order valence-electron chi connectivity index (χ0n) is 14.9. The molecule has 0 saturated carbocycles. The summed E-state index contributed by atoms with van der Waals surface area (Å²) in [6.45, 7) is 0.722. The van der Waals surface area contributed by atoms with Crippen LogP contribution in [0.3, 0.4) is 0 Å². The Balaban J connectivity index is 2.11. The van der Waals surface area contributed by atoms with Gasteiger partial charge in [0.2, 0.25) is 5.91 Å². The maximum atomic E-state index is 12.3. The van der Waals surface area contributed by atoms with Gasteiger partial charge in [-0.25, -0.2) is 4.79 Å². The third-order valence-corrected chi connectivity index (χ3v) is 3.87. The zero-order valence-corrected chi connectivity index (χ0v) is 15.6. The molecule has 0 spiro atoms. The SMILES string of the molecule is COc1cc(NC(C)=O)c(Cl)cc1C(=O)OCC(=O)c1ccc([N+](=O)[O-])cc1. The summed E-state index contributed by atoms with van der Waals surface area (Å²) in [5, 5.41) is 13.2. The van der Waals surface area contributed by atoms with E-state index in [0.29, 0.717) is 0 Å². The second kappa shape index (κ2) is 8.96. The van der Waals surface area contributed by atoms with Crippen LogP contribution in [0.1, 0.15) is 27.6 Å². The van der Waals surface area contributed by atoms with Crippen LogP contribution in [0.4, 0.5) is 11.4 Å². The fourth-order valence-corrected chi connectivity index (χ4v) is 2.44. The first kappa shape index (κ1) is 20.8. The molecule has 2 aromatic rings. The third kappa shape index (κ3) is 5.04. The Kier molecular flexibility index (Phi) is 6.67. The molecule has 0 aliphatic rings. The third-order valence-electron chi connectivity index (χ3n) is 3.55. The number of esters is 1. The van der Waals surface area contributed by atoms with Crippen LogP contribution in [0.2, 0.25) is 5.02 Å². The van der Waals surface area contributed by atoms with Crippen molar-refractivity contribution in [2.75, 3.05) is 19.0 Å². The van der Waals surface area contributed by atoms with E-state index in [1.807, 2.05) is 0 Å². The van der Waals surface area contributed by atoms with Crippen LogP contribution in [-0.4, -0.2) is 36.3 Å². The molecular weight excluding hydrogens is 392 g/mol. The molecule has 2 aromatic carbocycles. The van der Waals surface area contributed by atoms with Crippen LogP contribution in [0.25, 0.3) is 0 Å². The number of hydrogen-bond donors (Lipinski definition) is 1. The van der Waals surface area contributed by atoms with E-state index >= 15 is 0 Å². The zero-order chi connectivity index (χ0) is 20.8. The van der Waals surface area contributed by atoms with Gasteiger partial charge in [-0.2, -0.15) is 0 Å². The summed E-state index contributed by atoms with van der Waals surface area (Å²) in [6.07, 6.45) is 0. The molecule has 9 nitrogen and oxygen atoms in total. The quantitative estimate of drug-likeness (QED) is 0.323. The number of ether oxygens (including phenoxy) is 2. The van der Waals surface area contributed by atoms with Crippen LogP contribution in [0.15, 0.2) is 36.4 Å². The van der Waals surface area contributed by atoms with E-state index in [9.17, 15) is 24.5 Å². The fraction of sp³-hybridized carbons (Fsp3) is 0.167. The molecular formula is C18H15ClN2O7. The lowest BCUT2D eigenvalue weighted by Crippen LogP contribution is -2.15. The van der Waals surface area contributed by atoms with Gasteiger partial charge in [0.1, 0.15) is 11.3 Å². The minimum atomic E-state index is -0.858. The maximum Gasteiger partial charge on any atom is 0.342 e. The molecule has 0 aromatic heterocycles. The van der Waals surface area contributed by atoms with E-state index in [4.69, 9.17) is 21.1 Å². The van der Waals surface area contributed by atoms with E-state index in [1.54, 1.807) is 0 Å².